The first-order chi connectivity index (χ1) is 6.22. The minimum absolute atomic E-state index is 0.123. The molecule has 0 saturated carbocycles. The quantitative estimate of drug-likeness (QED) is 0.698. The fourth-order valence-electron chi connectivity index (χ4n) is 2.18. The van der Waals surface area contributed by atoms with E-state index >= 15 is 0 Å². The number of hydrogen-bond acceptors (Lipinski definition) is 0. The molecular weight excluding hydrogens is 231 g/mol. The van der Waals surface area contributed by atoms with Crippen molar-refractivity contribution in [1.82, 2.24) is 0 Å². The molecule has 1 unspecified atom stereocenters. The summed E-state index contributed by atoms with van der Waals surface area (Å²) in [7, 11) is 0. The topological polar surface area (TPSA) is 0 Å². The number of rotatable bonds is 1. The first kappa shape index (κ1) is 9.20. The van der Waals surface area contributed by atoms with E-state index in [-0.39, 0.29) is 5.82 Å². The second kappa shape index (κ2) is 3.41. The Morgan fingerprint density at radius 2 is 2.31 bits per heavy atom. The maximum atomic E-state index is 13.0. The van der Waals surface area contributed by atoms with E-state index in [1.54, 1.807) is 12.1 Å². The lowest BCUT2D eigenvalue weighted by Gasteiger charge is -2.10. The zero-order chi connectivity index (χ0) is 9.42. The molecule has 0 saturated heterocycles. The van der Waals surface area contributed by atoms with Crippen LogP contribution >= 0.6 is 15.9 Å². The predicted molar refractivity (Wildman–Crippen MR) is 55.5 cm³/mol. The van der Waals surface area contributed by atoms with Crippen molar-refractivity contribution in [2.75, 3.05) is 0 Å². The summed E-state index contributed by atoms with van der Waals surface area (Å²) in [6, 6.07) is 3.25. The Balaban J connectivity index is 2.51. The van der Waals surface area contributed by atoms with Crippen LogP contribution in [0.25, 0.3) is 0 Å². The molecule has 70 valence electrons. The van der Waals surface area contributed by atoms with Gasteiger partial charge in [0.15, 0.2) is 0 Å². The van der Waals surface area contributed by atoms with Gasteiger partial charge in [0.1, 0.15) is 5.82 Å². The molecule has 1 aliphatic carbocycles. The molecule has 0 heterocycles. The van der Waals surface area contributed by atoms with Crippen molar-refractivity contribution in [2.24, 2.45) is 0 Å². The van der Waals surface area contributed by atoms with Gasteiger partial charge in [-0.05, 0) is 48.4 Å². The van der Waals surface area contributed by atoms with Gasteiger partial charge in [0, 0.05) is 4.47 Å². The molecule has 0 nitrogen and oxygen atoms in total. The van der Waals surface area contributed by atoms with Crippen LogP contribution in [0.15, 0.2) is 16.6 Å². The molecule has 1 atom stereocenters. The third kappa shape index (κ3) is 1.52. The van der Waals surface area contributed by atoms with Gasteiger partial charge < -0.3 is 0 Å². The van der Waals surface area contributed by atoms with Crippen LogP contribution in [0.4, 0.5) is 4.39 Å². The smallest absolute Gasteiger partial charge is 0.124 e. The fourth-order valence-corrected chi connectivity index (χ4v) is 2.98. The molecule has 0 aliphatic heterocycles. The van der Waals surface area contributed by atoms with E-state index in [9.17, 15) is 4.39 Å². The van der Waals surface area contributed by atoms with Crippen molar-refractivity contribution < 1.29 is 4.39 Å². The normalized spacial score (nSPS) is 20.4. The molecule has 0 N–H and O–H groups in total. The van der Waals surface area contributed by atoms with Gasteiger partial charge >= 0.3 is 0 Å². The molecule has 0 bridgehead atoms. The van der Waals surface area contributed by atoms with Crippen LogP contribution in [0.2, 0.25) is 0 Å². The molecule has 1 aliphatic rings. The van der Waals surface area contributed by atoms with E-state index in [0.717, 1.165) is 17.3 Å². The Morgan fingerprint density at radius 1 is 1.54 bits per heavy atom. The summed E-state index contributed by atoms with van der Waals surface area (Å²) in [4.78, 5) is 0. The molecule has 2 heteroatoms. The maximum absolute atomic E-state index is 13.0. The Hall–Kier alpha value is -0.370. The molecule has 1 aromatic carbocycles. The Kier molecular flexibility index (Phi) is 2.41. The third-order valence-corrected chi connectivity index (χ3v) is 3.50. The molecule has 0 spiro atoms. The van der Waals surface area contributed by atoms with Crippen molar-refractivity contribution in [3.8, 4) is 0 Å². The van der Waals surface area contributed by atoms with E-state index in [1.807, 2.05) is 0 Å². The summed E-state index contributed by atoms with van der Waals surface area (Å²) in [6.07, 6.45) is 3.36. The first-order valence-corrected chi connectivity index (χ1v) is 5.49. The SMILES string of the molecule is CCC1CCc2cc(F)cc(Br)c21. The van der Waals surface area contributed by atoms with Gasteiger partial charge in [-0.3, -0.25) is 0 Å². The number of fused-ring (bicyclic) bond motifs is 1. The number of halogens is 2. The lowest BCUT2D eigenvalue weighted by molar-refractivity contribution is 0.624. The number of aryl methyl sites for hydroxylation is 1. The van der Waals surface area contributed by atoms with E-state index in [2.05, 4.69) is 22.9 Å². The van der Waals surface area contributed by atoms with Crippen molar-refractivity contribution in [1.29, 1.82) is 0 Å². The monoisotopic (exact) mass is 242 g/mol. The number of hydrogen-bond donors (Lipinski definition) is 0. The Bertz CT molecular complexity index is 333. The number of benzene rings is 1. The summed E-state index contributed by atoms with van der Waals surface area (Å²) in [5, 5.41) is 0. The summed E-state index contributed by atoms with van der Waals surface area (Å²) in [5.74, 6) is 0.507. The molecule has 0 amide bonds. The van der Waals surface area contributed by atoms with Crippen LogP contribution in [0.3, 0.4) is 0 Å². The highest BCUT2D eigenvalue weighted by atomic mass is 79.9. The van der Waals surface area contributed by atoms with Crippen molar-refractivity contribution in [3.05, 3.63) is 33.5 Å². The summed E-state index contributed by atoms with van der Waals surface area (Å²) >= 11 is 3.44. The van der Waals surface area contributed by atoms with Crippen LogP contribution in [0.5, 0.6) is 0 Å². The van der Waals surface area contributed by atoms with E-state index in [1.165, 1.54) is 17.5 Å². The lowest BCUT2D eigenvalue weighted by Crippen LogP contribution is -1.93. The maximum Gasteiger partial charge on any atom is 0.124 e. The molecule has 13 heavy (non-hydrogen) atoms. The largest absolute Gasteiger partial charge is 0.207 e. The minimum Gasteiger partial charge on any atom is -0.207 e. The van der Waals surface area contributed by atoms with Gasteiger partial charge in [-0.2, -0.15) is 0 Å². The zero-order valence-corrected chi connectivity index (χ0v) is 9.20. The van der Waals surface area contributed by atoms with Gasteiger partial charge in [-0.1, -0.05) is 22.9 Å². The standard InChI is InChI=1S/C11H12BrF/c1-2-7-3-4-8-5-9(13)6-10(12)11(7)8/h5-7H,2-4H2,1H3. The lowest BCUT2D eigenvalue weighted by atomic mass is 9.99. The van der Waals surface area contributed by atoms with Gasteiger partial charge in [-0.15, -0.1) is 0 Å². The third-order valence-electron chi connectivity index (χ3n) is 2.84. The summed E-state index contributed by atoms with van der Waals surface area (Å²) < 4.78 is 14.0. The van der Waals surface area contributed by atoms with Crippen molar-refractivity contribution >= 4 is 15.9 Å². The highest BCUT2D eigenvalue weighted by molar-refractivity contribution is 9.10. The van der Waals surface area contributed by atoms with Gasteiger partial charge in [-0.25, -0.2) is 4.39 Å². The van der Waals surface area contributed by atoms with Gasteiger partial charge in [0.25, 0.3) is 0 Å². The molecule has 0 radical (unpaired) electrons. The highest BCUT2D eigenvalue weighted by Gasteiger charge is 2.23. The second-order valence-corrected chi connectivity index (χ2v) is 4.46. The molecule has 1 aromatic rings. The highest BCUT2D eigenvalue weighted by Crippen LogP contribution is 2.40. The van der Waals surface area contributed by atoms with Gasteiger partial charge in [0.05, 0.1) is 0 Å². The van der Waals surface area contributed by atoms with Crippen LogP contribution in [0, 0.1) is 5.82 Å². The molecule has 2 rings (SSSR count). The van der Waals surface area contributed by atoms with Crippen molar-refractivity contribution in [3.63, 3.8) is 0 Å². The molecular formula is C11H12BrF. The average Bonchev–Trinajstić information content (AvgIpc) is 2.47. The van der Waals surface area contributed by atoms with Crippen LogP contribution in [-0.2, 0) is 6.42 Å². The first-order valence-electron chi connectivity index (χ1n) is 4.70. The van der Waals surface area contributed by atoms with Crippen molar-refractivity contribution in [2.45, 2.75) is 32.1 Å². The average molecular weight is 243 g/mol. The van der Waals surface area contributed by atoms with E-state index in [0.29, 0.717) is 5.92 Å². The molecule has 0 fully saturated rings. The van der Waals surface area contributed by atoms with E-state index < -0.39 is 0 Å². The summed E-state index contributed by atoms with van der Waals surface area (Å²) in [5.41, 5.74) is 2.53. The Labute approximate surface area is 86.3 Å². The summed E-state index contributed by atoms with van der Waals surface area (Å²) in [6.45, 7) is 2.19. The Morgan fingerprint density at radius 3 is 3.00 bits per heavy atom. The fraction of sp³-hybridized carbons (Fsp3) is 0.455. The van der Waals surface area contributed by atoms with Crippen LogP contribution in [0.1, 0.15) is 36.8 Å². The molecule has 0 aromatic heterocycles. The zero-order valence-electron chi connectivity index (χ0n) is 7.61. The second-order valence-electron chi connectivity index (χ2n) is 3.60. The van der Waals surface area contributed by atoms with E-state index in [4.69, 9.17) is 0 Å². The minimum atomic E-state index is -0.123. The van der Waals surface area contributed by atoms with Gasteiger partial charge in [0.2, 0.25) is 0 Å². The predicted octanol–water partition coefficient (Wildman–Crippen LogP) is 4.03. The van der Waals surface area contributed by atoms with Crippen LogP contribution in [-0.4, -0.2) is 0 Å². The van der Waals surface area contributed by atoms with Crippen LogP contribution < -0.4 is 0 Å².